The highest BCUT2D eigenvalue weighted by molar-refractivity contribution is 8.02. The molecule has 1 aromatic heterocycles. The summed E-state index contributed by atoms with van der Waals surface area (Å²) >= 11 is 1.48. The zero-order chi connectivity index (χ0) is 25.8. The molecule has 2 bridgehead atoms. The molecule has 2 unspecified atom stereocenters. The number of aliphatic carboxylic acids is 1. The second kappa shape index (κ2) is 9.19. The van der Waals surface area contributed by atoms with Crippen molar-refractivity contribution in [2.45, 2.75) is 55.4 Å². The minimum Gasteiger partial charge on any atom is -0.481 e. The number of rotatable bonds is 9. The molecular formula is C25H31N5O5S. The SMILES string of the molecule is C=CCN(Cn1nnc2ccccc21)C(=O)C1N([C@@H](CO)C(C)C)C(=O)[C@@H]2[C@@H](C(=O)O)[C@H]3CCC12S3. The molecule has 4 heterocycles. The maximum atomic E-state index is 14.4. The predicted octanol–water partition coefficient (Wildman–Crippen LogP) is 1.60. The number of carbonyl (C=O) groups excluding carboxylic acids is 2. The number of likely N-dealkylation sites (tertiary alicyclic amines) is 1. The van der Waals surface area contributed by atoms with Gasteiger partial charge in [-0.3, -0.25) is 14.4 Å². The second-order valence-corrected chi connectivity index (χ2v) is 11.8. The van der Waals surface area contributed by atoms with Crippen molar-refractivity contribution in [3.05, 3.63) is 36.9 Å². The van der Waals surface area contributed by atoms with Gasteiger partial charge in [0.25, 0.3) is 0 Å². The van der Waals surface area contributed by atoms with E-state index in [-0.39, 0.29) is 42.8 Å². The van der Waals surface area contributed by atoms with Gasteiger partial charge in [-0.25, -0.2) is 4.68 Å². The molecule has 1 spiro atoms. The number of carboxylic acids is 1. The number of aliphatic hydroxyl groups is 1. The zero-order valence-corrected chi connectivity index (χ0v) is 21.2. The topological polar surface area (TPSA) is 129 Å². The van der Waals surface area contributed by atoms with Gasteiger partial charge in [-0.15, -0.1) is 23.4 Å². The van der Waals surface area contributed by atoms with Gasteiger partial charge in [0.2, 0.25) is 11.8 Å². The Hall–Kier alpha value is -2.92. The van der Waals surface area contributed by atoms with Crippen molar-refractivity contribution in [2.75, 3.05) is 13.2 Å². The molecule has 3 saturated heterocycles. The van der Waals surface area contributed by atoms with E-state index < -0.39 is 34.6 Å². The molecule has 2 N–H and O–H groups in total. The van der Waals surface area contributed by atoms with Gasteiger partial charge in [0.05, 0.1) is 34.7 Å². The highest BCUT2D eigenvalue weighted by atomic mass is 32.2. The summed E-state index contributed by atoms with van der Waals surface area (Å²) < 4.78 is 0.798. The smallest absolute Gasteiger partial charge is 0.308 e. The molecule has 5 rings (SSSR count). The van der Waals surface area contributed by atoms with Gasteiger partial charge in [0, 0.05) is 11.8 Å². The highest BCUT2D eigenvalue weighted by Gasteiger charge is 2.74. The third kappa shape index (κ3) is 3.54. The van der Waals surface area contributed by atoms with Crippen molar-refractivity contribution < 1.29 is 24.6 Å². The molecule has 192 valence electrons. The first-order valence-electron chi connectivity index (χ1n) is 12.3. The van der Waals surface area contributed by atoms with E-state index in [9.17, 15) is 24.6 Å². The Morgan fingerprint density at radius 1 is 1.36 bits per heavy atom. The number of hydrogen-bond acceptors (Lipinski definition) is 7. The number of carboxylic acid groups (broad SMARTS) is 1. The monoisotopic (exact) mass is 513 g/mol. The molecule has 10 nitrogen and oxygen atoms in total. The zero-order valence-electron chi connectivity index (χ0n) is 20.4. The molecule has 2 aromatic rings. The molecule has 3 aliphatic rings. The molecule has 2 amide bonds. The summed E-state index contributed by atoms with van der Waals surface area (Å²) in [6.07, 6.45) is 2.85. The average Bonchev–Trinajstić information content (AvgIpc) is 3.59. The molecule has 1 aromatic carbocycles. The lowest BCUT2D eigenvalue weighted by molar-refractivity contribution is -0.150. The van der Waals surface area contributed by atoms with Crippen LogP contribution in [0.5, 0.6) is 0 Å². The Kier molecular flexibility index (Phi) is 6.32. The number of carbonyl (C=O) groups is 3. The highest BCUT2D eigenvalue weighted by Crippen LogP contribution is 2.66. The number of amides is 2. The summed E-state index contributed by atoms with van der Waals surface area (Å²) in [4.78, 5) is 43.6. The fourth-order valence-electron chi connectivity index (χ4n) is 6.36. The van der Waals surface area contributed by atoms with E-state index in [0.29, 0.717) is 18.4 Å². The van der Waals surface area contributed by atoms with Gasteiger partial charge in [-0.1, -0.05) is 37.3 Å². The van der Waals surface area contributed by atoms with Crippen LogP contribution in [0.15, 0.2) is 36.9 Å². The van der Waals surface area contributed by atoms with Crippen molar-refractivity contribution in [2.24, 2.45) is 17.8 Å². The van der Waals surface area contributed by atoms with Crippen LogP contribution in [0.3, 0.4) is 0 Å². The molecule has 6 atom stereocenters. The van der Waals surface area contributed by atoms with Crippen LogP contribution in [0.4, 0.5) is 0 Å². The number of fused-ring (bicyclic) bond motifs is 2. The molecule has 3 aliphatic heterocycles. The van der Waals surface area contributed by atoms with Gasteiger partial charge in [0.1, 0.15) is 18.2 Å². The lowest BCUT2D eigenvalue weighted by Gasteiger charge is -2.40. The first-order valence-corrected chi connectivity index (χ1v) is 13.1. The minimum atomic E-state index is -0.998. The Bertz CT molecular complexity index is 1220. The minimum absolute atomic E-state index is 0.104. The second-order valence-electron chi connectivity index (χ2n) is 10.2. The van der Waals surface area contributed by atoms with E-state index in [1.807, 2.05) is 38.1 Å². The van der Waals surface area contributed by atoms with Crippen LogP contribution in [0, 0.1) is 17.8 Å². The maximum absolute atomic E-state index is 14.4. The molecule has 36 heavy (non-hydrogen) atoms. The maximum Gasteiger partial charge on any atom is 0.308 e. The fourth-order valence-corrected chi connectivity index (χ4v) is 8.55. The van der Waals surface area contributed by atoms with E-state index in [2.05, 4.69) is 16.9 Å². The van der Waals surface area contributed by atoms with Gasteiger partial charge >= 0.3 is 5.97 Å². The van der Waals surface area contributed by atoms with Crippen LogP contribution >= 0.6 is 11.8 Å². The lowest BCUT2D eigenvalue weighted by atomic mass is 9.71. The van der Waals surface area contributed by atoms with E-state index in [1.165, 1.54) is 16.7 Å². The summed E-state index contributed by atoms with van der Waals surface area (Å²) in [6.45, 7) is 7.62. The van der Waals surface area contributed by atoms with E-state index in [4.69, 9.17) is 0 Å². The van der Waals surface area contributed by atoms with Gasteiger partial charge in [-0.05, 0) is 30.9 Å². The van der Waals surface area contributed by atoms with E-state index >= 15 is 0 Å². The largest absolute Gasteiger partial charge is 0.481 e. The molecule has 0 saturated carbocycles. The standard InChI is InChI=1S/C25H31N5O5S/c1-4-11-28(13-29-16-8-6-5-7-15(16)26-27-29)23(33)21-25-10-9-18(36-25)19(24(34)35)20(25)22(32)30(21)17(12-31)14(2)3/h4-8,14,17-21,31H,1,9-13H2,2-3H3,(H,34,35)/t17-,18+,19-,20-,21?,25?/m0/s1. The van der Waals surface area contributed by atoms with Crippen LogP contribution < -0.4 is 0 Å². The van der Waals surface area contributed by atoms with Gasteiger partial charge in [-0.2, -0.15) is 0 Å². The van der Waals surface area contributed by atoms with E-state index in [1.54, 1.807) is 15.7 Å². The fraction of sp³-hybridized carbons (Fsp3) is 0.560. The Labute approximate surface area is 213 Å². The number of para-hydroxylation sites is 1. The van der Waals surface area contributed by atoms with Crippen LogP contribution in [0.2, 0.25) is 0 Å². The van der Waals surface area contributed by atoms with Crippen LogP contribution in [0.25, 0.3) is 11.0 Å². The molecular weight excluding hydrogens is 482 g/mol. The summed E-state index contributed by atoms with van der Waals surface area (Å²) in [7, 11) is 0. The Morgan fingerprint density at radius 2 is 2.11 bits per heavy atom. The van der Waals surface area contributed by atoms with E-state index in [0.717, 1.165) is 5.52 Å². The Morgan fingerprint density at radius 3 is 2.78 bits per heavy atom. The Balaban J connectivity index is 1.57. The quantitative estimate of drug-likeness (QED) is 0.484. The first kappa shape index (κ1) is 24.8. The van der Waals surface area contributed by atoms with Crippen LogP contribution in [-0.4, -0.2) is 88.0 Å². The number of nitrogens with zero attached hydrogens (tertiary/aromatic N) is 5. The first-order chi connectivity index (χ1) is 17.2. The molecule has 11 heteroatoms. The summed E-state index contributed by atoms with van der Waals surface area (Å²) in [6, 6.07) is 5.97. The normalized spacial score (nSPS) is 29.7. The number of hydrogen-bond donors (Lipinski definition) is 2. The third-order valence-corrected chi connectivity index (χ3v) is 9.91. The van der Waals surface area contributed by atoms with Crippen molar-refractivity contribution in [3.8, 4) is 0 Å². The van der Waals surface area contributed by atoms with Gasteiger partial charge < -0.3 is 20.0 Å². The van der Waals surface area contributed by atoms with Crippen molar-refractivity contribution in [1.29, 1.82) is 0 Å². The number of aliphatic hydroxyl groups excluding tert-OH is 1. The summed E-state index contributed by atoms with van der Waals surface area (Å²) in [5.41, 5.74) is 1.47. The molecule has 0 radical (unpaired) electrons. The van der Waals surface area contributed by atoms with Gasteiger partial charge in [0.15, 0.2) is 0 Å². The number of benzene rings is 1. The molecule has 3 fully saturated rings. The molecule has 0 aliphatic carbocycles. The predicted molar refractivity (Wildman–Crippen MR) is 134 cm³/mol. The number of thioether (sulfide) groups is 1. The van der Waals surface area contributed by atoms with Crippen LogP contribution in [0.1, 0.15) is 26.7 Å². The summed E-state index contributed by atoms with van der Waals surface area (Å²) in [5.74, 6) is -3.38. The van der Waals surface area contributed by atoms with Crippen molar-refractivity contribution in [1.82, 2.24) is 24.8 Å². The van der Waals surface area contributed by atoms with Crippen molar-refractivity contribution >= 4 is 40.6 Å². The average molecular weight is 514 g/mol. The summed E-state index contributed by atoms with van der Waals surface area (Å²) in [5, 5.41) is 28.5. The lowest BCUT2D eigenvalue weighted by Crippen LogP contribution is -2.58. The van der Waals surface area contributed by atoms with Crippen LogP contribution in [-0.2, 0) is 21.1 Å². The number of aromatic nitrogens is 3. The van der Waals surface area contributed by atoms with Crippen molar-refractivity contribution in [3.63, 3.8) is 0 Å². The third-order valence-electron chi connectivity index (χ3n) is 7.96.